The molecule has 0 aliphatic carbocycles. The number of rotatable bonds is 5. The summed E-state index contributed by atoms with van der Waals surface area (Å²) in [5.41, 5.74) is 1.38. The van der Waals surface area contributed by atoms with Gasteiger partial charge in [-0.1, -0.05) is 40.9 Å². The molecule has 0 fully saturated rings. The fourth-order valence-corrected chi connectivity index (χ4v) is 2.45. The quantitative estimate of drug-likeness (QED) is 0.727. The van der Waals surface area contributed by atoms with Crippen LogP contribution in [0.5, 0.6) is 5.75 Å². The molecule has 0 saturated heterocycles. The molecule has 2 aromatic rings. The molecule has 0 unspecified atom stereocenters. The fourth-order valence-electron chi connectivity index (χ4n) is 1.69. The maximum Gasteiger partial charge on any atom is 0.387 e. The van der Waals surface area contributed by atoms with Crippen molar-refractivity contribution in [3.63, 3.8) is 0 Å². The molecule has 21 heavy (non-hydrogen) atoms. The first-order valence-electron chi connectivity index (χ1n) is 5.88. The van der Waals surface area contributed by atoms with Gasteiger partial charge in [-0.15, -0.1) is 0 Å². The molecule has 112 valence electrons. The number of ether oxygens (including phenoxy) is 1. The summed E-state index contributed by atoms with van der Waals surface area (Å²) in [6.07, 6.45) is 0. The Balaban J connectivity index is 2.09. The number of benzene rings is 2. The standard InChI is InChI=1S/C14H10Cl3F2NO/c15-10-2-1-3-11(16)9(10)7-20-8-4-5-13(12(17)6-8)21-14(18)19/h1-6,14,20H,7H2. The van der Waals surface area contributed by atoms with Gasteiger partial charge in [-0.3, -0.25) is 0 Å². The van der Waals surface area contributed by atoms with Crippen LogP contribution in [0.25, 0.3) is 0 Å². The molecule has 0 heterocycles. The van der Waals surface area contributed by atoms with E-state index in [2.05, 4.69) is 10.1 Å². The lowest BCUT2D eigenvalue weighted by atomic mass is 10.2. The Labute approximate surface area is 135 Å². The van der Waals surface area contributed by atoms with Gasteiger partial charge in [-0.2, -0.15) is 8.78 Å². The van der Waals surface area contributed by atoms with E-state index in [1.807, 2.05) is 0 Å². The van der Waals surface area contributed by atoms with Crippen molar-refractivity contribution in [1.29, 1.82) is 0 Å². The summed E-state index contributed by atoms with van der Waals surface area (Å²) in [7, 11) is 0. The summed E-state index contributed by atoms with van der Waals surface area (Å²) >= 11 is 18.0. The molecule has 0 aliphatic heterocycles. The third kappa shape index (κ3) is 4.37. The predicted octanol–water partition coefficient (Wildman–Crippen LogP) is 5.86. The van der Waals surface area contributed by atoms with E-state index < -0.39 is 6.61 Å². The monoisotopic (exact) mass is 351 g/mol. The Morgan fingerprint density at radius 3 is 2.24 bits per heavy atom. The zero-order valence-corrected chi connectivity index (χ0v) is 12.8. The van der Waals surface area contributed by atoms with Crippen LogP contribution in [0.15, 0.2) is 36.4 Å². The SMILES string of the molecule is FC(F)Oc1ccc(NCc2c(Cl)cccc2Cl)cc1Cl. The van der Waals surface area contributed by atoms with Gasteiger partial charge in [-0.25, -0.2) is 0 Å². The second kappa shape index (κ2) is 7.16. The molecule has 0 bridgehead atoms. The molecular weight excluding hydrogens is 343 g/mol. The maximum atomic E-state index is 12.1. The van der Waals surface area contributed by atoms with Gasteiger partial charge in [0.2, 0.25) is 0 Å². The fraction of sp³-hybridized carbons (Fsp3) is 0.143. The largest absolute Gasteiger partial charge is 0.433 e. The molecule has 0 spiro atoms. The Hall–Kier alpha value is -1.23. The van der Waals surface area contributed by atoms with Crippen LogP contribution in [0.3, 0.4) is 0 Å². The molecule has 2 aromatic carbocycles. The van der Waals surface area contributed by atoms with E-state index in [1.165, 1.54) is 12.1 Å². The minimum atomic E-state index is -2.91. The molecule has 7 heteroatoms. The number of hydrogen-bond acceptors (Lipinski definition) is 2. The Morgan fingerprint density at radius 2 is 1.67 bits per heavy atom. The second-order valence-electron chi connectivity index (χ2n) is 4.08. The summed E-state index contributed by atoms with van der Waals surface area (Å²) in [4.78, 5) is 0. The highest BCUT2D eigenvalue weighted by molar-refractivity contribution is 6.36. The average molecular weight is 353 g/mol. The van der Waals surface area contributed by atoms with E-state index in [0.717, 1.165) is 5.56 Å². The topological polar surface area (TPSA) is 21.3 Å². The minimum absolute atomic E-state index is 0.0759. The normalized spacial score (nSPS) is 10.8. The first-order chi connectivity index (χ1) is 9.97. The molecule has 0 aliphatic rings. The number of alkyl halides is 2. The summed E-state index contributed by atoms with van der Waals surface area (Å²) in [5, 5.41) is 4.24. The van der Waals surface area contributed by atoms with Crippen LogP contribution in [0.1, 0.15) is 5.56 Å². The number of nitrogens with one attached hydrogen (secondary N) is 1. The van der Waals surface area contributed by atoms with Gasteiger partial charge in [0.05, 0.1) is 5.02 Å². The maximum absolute atomic E-state index is 12.1. The average Bonchev–Trinajstić information content (AvgIpc) is 2.41. The van der Waals surface area contributed by atoms with Gasteiger partial charge in [0.1, 0.15) is 5.75 Å². The second-order valence-corrected chi connectivity index (χ2v) is 5.30. The van der Waals surface area contributed by atoms with Crippen molar-refractivity contribution < 1.29 is 13.5 Å². The van der Waals surface area contributed by atoms with Gasteiger partial charge in [0.15, 0.2) is 0 Å². The smallest absolute Gasteiger partial charge is 0.387 e. The van der Waals surface area contributed by atoms with E-state index in [1.54, 1.807) is 24.3 Å². The van der Waals surface area contributed by atoms with Crippen LogP contribution in [0, 0.1) is 0 Å². The molecule has 0 saturated carbocycles. The van der Waals surface area contributed by atoms with Crippen LogP contribution in [0.4, 0.5) is 14.5 Å². The van der Waals surface area contributed by atoms with Crippen molar-refractivity contribution in [3.8, 4) is 5.75 Å². The molecule has 0 aromatic heterocycles. The molecule has 2 rings (SSSR count). The summed E-state index contributed by atoms with van der Waals surface area (Å²) in [6, 6.07) is 9.65. The minimum Gasteiger partial charge on any atom is -0.433 e. The summed E-state index contributed by atoms with van der Waals surface area (Å²) < 4.78 is 28.5. The summed E-state index contributed by atoms with van der Waals surface area (Å²) in [6.45, 7) is -2.53. The van der Waals surface area contributed by atoms with Crippen molar-refractivity contribution in [1.82, 2.24) is 0 Å². The van der Waals surface area contributed by atoms with Gasteiger partial charge >= 0.3 is 6.61 Å². The molecule has 1 N–H and O–H groups in total. The van der Waals surface area contributed by atoms with Crippen molar-refractivity contribution in [2.24, 2.45) is 0 Å². The van der Waals surface area contributed by atoms with Crippen molar-refractivity contribution in [2.75, 3.05) is 5.32 Å². The van der Waals surface area contributed by atoms with Crippen molar-refractivity contribution >= 4 is 40.5 Å². The number of halogens is 5. The van der Waals surface area contributed by atoms with Gasteiger partial charge in [0, 0.05) is 27.8 Å². The van der Waals surface area contributed by atoms with Crippen LogP contribution in [-0.4, -0.2) is 6.61 Å². The third-order valence-corrected chi connectivity index (χ3v) is 3.68. The van der Waals surface area contributed by atoms with Crippen LogP contribution >= 0.6 is 34.8 Å². The molecule has 0 radical (unpaired) electrons. The number of anilines is 1. The van der Waals surface area contributed by atoms with Gasteiger partial charge < -0.3 is 10.1 Å². The first-order valence-corrected chi connectivity index (χ1v) is 7.02. The van der Waals surface area contributed by atoms with E-state index in [4.69, 9.17) is 34.8 Å². The number of hydrogen-bond donors (Lipinski definition) is 1. The van der Waals surface area contributed by atoms with E-state index >= 15 is 0 Å². The van der Waals surface area contributed by atoms with Crippen molar-refractivity contribution in [2.45, 2.75) is 13.2 Å². The van der Waals surface area contributed by atoms with E-state index in [9.17, 15) is 8.78 Å². The zero-order valence-electron chi connectivity index (χ0n) is 10.5. The van der Waals surface area contributed by atoms with Crippen LogP contribution in [-0.2, 0) is 6.54 Å². The predicted molar refractivity (Wildman–Crippen MR) is 81.9 cm³/mol. The van der Waals surface area contributed by atoms with Crippen LogP contribution < -0.4 is 10.1 Å². The van der Waals surface area contributed by atoms with E-state index in [0.29, 0.717) is 22.3 Å². The first kappa shape index (κ1) is 16.1. The lowest BCUT2D eigenvalue weighted by Crippen LogP contribution is -2.04. The molecule has 0 amide bonds. The molecule has 0 atom stereocenters. The third-order valence-electron chi connectivity index (χ3n) is 2.68. The Bertz CT molecular complexity index is 617. The van der Waals surface area contributed by atoms with Gasteiger partial charge in [0.25, 0.3) is 0 Å². The van der Waals surface area contributed by atoms with Crippen molar-refractivity contribution in [3.05, 3.63) is 57.0 Å². The highest BCUT2D eigenvalue weighted by atomic mass is 35.5. The van der Waals surface area contributed by atoms with Crippen LogP contribution in [0.2, 0.25) is 15.1 Å². The highest BCUT2D eigenvalue weighted by Crippen LogP contribution is 2.30. The Kier molecular flexibility index (Phi) is 5.51. The van der Waals surface area contributed by atoms with E-state index in [-0.39, 0.29) is 10.8 Å². The highest BCUT2D eigenvalue weighted by Gasteiger charge is 2.10. The van der Waals surface area contributed by atoms with Gasteiger partial charge in [-0.05, 0) is 30.3 Å². The summed E-state index contributed by atoms with van der Waals surface area (Å²) in [5.74, 6) is -0.0759. The Morgan fingerprint density at radius 1 is 1.00 bits per heavy atom. The zero-order chi connectivity index (χ0) is 15.4. The lowest BCUT2D eigenvalue weighted by Gasteiger charge is -2.12. The molecule has 2 nitrogen and oxygen atoms in total. The molecular formula is C14H10Cl3F2NO. The lowest BCUT2D eigenvalue weighted by molar-refractivity contribution is -0.0497.